The summed E-state index contributed by atoms with van der Waals surface area (Å²) in [5.41, 5.74) is 0.736. The van der Waals surface area contributed by atoms with Crippen LogP contribution >= 0.6 is 23.2 Å². The predicted molar refractivity (Wildman–Crippen MR) is 107 cm³/mol. The van der Waals surface area contributed by atoms with Crippen LogP contribution in [0.4, 0.5) is 6.01 Å². The fraction of sp³-hybridized carbons (Fsp3) is 0.474. The lowest BCUT2D eigenvalue weighted by Gasteiger charge is -2.22. The Hall–Kier alpha value is -2.12. The summed E-state index contributed by atoms with van der Waals surface area (Å²) in [5.74, 6) is 2.59. The number of nitrogens with zero attached hydrogens (tertiary/aromatic N) is 6. The van der Waals surface area contributed by atoms with Crippen molar-refractivity contribution in [3.63, 3.8) is 0 Å². The summed E-state index contributed by atoms with van der Waals surface area (Å²) >= 11 is 12.2. The summed E-state index contributed by atoms with van der Waals surface area (Å²) in [7, 11) is 0. The number of rotatable bonds is 3. The molecule has 2 aromatic heterocycles. The zero-order valence-electron chi connectivity index (χ0n) is 15.3. The highest BCUT2D eigenvalue weighted by atomic mass is 35.5. The van der Waals surface area contributed by atoms with Gasteiger partial charge in [-0.25, -0.2) is 0 Å². The van der Waals surface area contributed by atoms with Crippen molar-refractivity contribution in [1.82, 2.24) is 24.9 Å². The van der Waals surface area contributed by atoms with Crippen molar-refractivity contribution in [2.24, 2.45) is 0 Å². The monoisotopic (exact) mass is 418 g/mol. The first kappa shape index (κ1) is 17.9. The minimum absolute atomic E-state index is 0.107. The molecule has 0 amide bonds. The Kier molecular flexibility index (Phi) is 4.72. The molecular formula is C19H20Cl2N6O. The third kappa shape index (κ3) is 3.26. The van der Waals surface area contributed by atoms with Crippen LogP contribution in [0.2, 0.25) is 10.0 Å². The molecular weight excluding hydrogens is 399 g/mol. The molecule has 1 saturated heterocycles. The number of halogens is 2. The molecule has 1 atom stereocenters. The van der Waals surface area contributed by atoms with E-state index in [1.807, 2.05) is 0 Å². The van der Waals surface area contributed by atoms with Crippen molar-refractivity contribution >= 4 is 29.2 Å². The second-order valence-corrected chi connectivity index (χ2v) is 8.22. The van der Waals surface area contributed by atoms with Gasteiger partial charge < -0.3 is 14.0 Å². The number of fused-ring (bicyclic) bond motifs is 1. The van der Waals surface area contributed by atoms with Gasteiger partial charge in [0.05, 0.1) is 6.04 Å². The van der Waals surface area contributed by atoms with E-state index in [4.69, 9.17) is 27.7 Å². The number of aryl methyl sites for hydroxylation is 1. The first-order valence-electron chi connectivity index (χ1n) is 9.68. The molecule has 9 heteroatoms. The smallest absolute Gasteiger partial charge is 0.315 e. The molecule has 0 bridgehead atoms. The predicted octanol–water partition coefficient (Wildman–Crippen LogP) is 4.70. The molecule has 0 saturated carbocycles. The topological polar surface area (TPSA) is 72.9 Å². The maximum Gasteiger partial charge on any atom is 0.325 e. The Labute approximate surface area is 172 Å². The number of hydrogen-bond donors (Lipinski definition) is 0. The molecule has 1 unspecified atom stereocenters. The summed E-state index contributed by atoms with van der Waals surface area (Å²) in [4.78, 5) is 6.75. The summed E-state index contributed by atoms with van der Waals surface area (Å²) in [6.45, 7) is 1.84. The van der Waals surface area contributed by atoms with Crippen LogP contribution in [0.3, 0.4) is 0 Å². The van der Waals surface area contributed by atoms with Crippen LogP contribution in [-0.4, -0.2) is 31.4 Å². The van der Waals surface area contributed by atoms with E-state index in [0.717, 1.165) is 49.6 Å². The van der Waals surface area contributed by atoms with Crippen molar-refractivity contribution in [2.75, 3.05) is 11.4 Å². The van der Waals surface area contributed by atoms with Crippen molar-refractivity contribution < 1.29 is 4.52 Å². The quantitative estimate of drug-likeness (QED) is 0.613. The summed E-state index contributed by atoms with van der Waals surface area (Å²) in [6.07, 6.45) is 6.64. The second-order valence-electron chi connectivity index (χ2n) is 7.35. The molecule has 0 spiro atoms. The minimum Gasteiger partial charge on any atom is -0.315 e. The van der Waals surface area contributed by atoms with Gasteiger partial charge in [0.15, 0.2) is 5.82 Å². The van der Waals surface area contributed by atoms with Gasteiger partial charge in [0.25, 0.3) is 0 Å². The molecule has 2 aliphatic rings. The minimum atomic E-state index is 0.107. The van der Waals surface area contributed by atoms with E-state index < -0.39 is 0 Å². The number of benzene rings is 1. The lowest BCUT2D eigenvalue weighted by molar-refractivity contribution is 0.407. The lowest BCUT2D eigenvalue weighted by atomic mass is 10.2. The van der Waals surface area contributed by atoms with E-state index in [0.29, 0.717) is 21.9 Å². The third-order valence-electron chi connectivity index (χ3n) is 5.47. The van der Waals surface area contributed by atoms with E-state index in [2.05, 4.69) is 29.8 Å². The van der Waals surface area contributed by atoms with Crippen LogP contribution in [0.25, 0.3) is 11.4 Å². The highest BCUT2D eigenvalue weighted by Gasteiger charge is 2.34. The standard InChI is InChI=1S/C19H20Cl2N6O/c20-13-9-12(10-14(21)11-13)17-22-19(28-25-17)26-8-4-5-15(26)18-24-23-16-6-2-1-3-7-27(16)18/h9-11,15H,1-8H2. The van der Waals surface area contributed by atoms with Crippen molar-refractivity contribution in [2.45, 2.75) is 51.1 Å². The second kappa shape index (κ2) is 7.37. The van der Waals surface area contributed by atoms with Gasteiger partial charge in [-0.3, -0.25) is 0 Å². The molecule has 7 nitrogen and oxygen atoms in total. The normalized spacial score (nSPS) is 19.6. The Morgan fingerprint density at radius 3 is 2.68 bits per heavy atom. The van der Waals surface area contributed by atoms with Crippen LogP contribution in [0.5, 0.6) is 0 Å². The first-order chi connectivity index (χ1) is 13.7. The Bertz CT molecular complexity index is 980. The Morgan fingerprint density at radius 1 is 0.964 bits per heavy atom. The number of aromatic nitrogens is 5. The van der Waals surface area contributed by atoms with Gasteiger partial charge in [-0.15, -0.1) is 10.2 Å². The lowest BCUT2D eigenvalue weighted by Crippen LogP contribution is -2.26. The third-order valence-corrected chi connectivity index (χ3v) is 5.91. The largest absolute Gasteiger partial charge is 0.325 e. The molecule has 2 aliphatic heterocycles. The van der Waals surface area contributed by atoms with Crippen LogP contribution in [-0.2, 0) is 13.0 Å². The van der Waals surface area contributed by atoms with Crippen molar-refractivity contribution in [3.05, 3.63) is 39.9 Å². The van der Waals surface area contributed by atoms with Crippen molar-refractivity contribution in [1.29, 1.82) is 0 Å². The molecule has 4 heterocycles. The van der Waals surface area contributed by atoms with E-state index >= 15 is 0 Å². The van der Waals surface area contributed by atoms with Gasteiger partial charge >= 0.3 is 6.01 Å². The number of hydrogen-bond acceptors (Lipinski definition) is 6. The number of anilines is 1. The average Bonchev–Trinajstić information content (AvgIpc) is 3.37. The molecule has 146 valence electrons. The van der Waals surface area contributed by atoms with Crippen LogP contribution in [0, 0.1) is 0 Å². The highest BCUT2D eigenvalue weighted by molar-refractivity contribution is 6.35. The zero-order chi connectivity index (χ0) is 19.1. The van der Waals surface area contributed by atoms with Gasteiger partial charge in [0.1, 0.15) is 5.82 Å². The van der Waals surface area contributed by atoms with Gasteiger partial charge in [0.2, 0.25) is 5.82 Å². The van der Waals surface area contributed by atoms with Gasteiger partial charge in [-0.1, -0.05) is 34.8 Å². The van der Waals surface area contributed by atoms with Crippen LogP contribution in [0.15, 0.2) is 22.7 Å². The van der Waals surface area contributed by atoms with Crippen LogP contribution < -0.4 is 4.90 Å². The molecule has 1 aromatic carbocycles. The molecule has 3 aromatic rings. The molecule has 0 aliphatic carbocycles. The fourth-order valence-electron chi connectivity index (χ4n) is 4.15. The Balaban J connectivity index is 1.45. The maximum absolute atomic E-state index is 6.11. The van der Waals surface area contributed by atoms with Gasteiger partial charge in [-0.05, 0) is 43.9 Å². The van der Waals surface area contributed by atoms with Crippen LogP contribution in [0.1, 0.15) is 49.8 Å². The first-order valence-corrected chi connectivity index (χ1v) is 10.4. The van der Waals surface area contributed by atoms with E-state index in [9.17, 15) is 0 Å². The SMILES string of the molecule is Clc1cc(Cl)cc(-c2noc(N3CCCC3c3nnc4n3CCCCC4)n2)c1. The van der Waals surface area contributed by atoms with Crippen molar-refractivity contribution in [3.8, 4) is 11.4 Å². The molecule has 28 heavy (non-hydrogen) atoms. The highest BCUT2D eigenvalue weighted by Crippen LogP contribution is 2.36. The Morgan fingerprint density at radius 2 is 1.82 bits per heavy atom. The summed E-state index contributed by atoms with van der Waals surface area (Å²) in [5, 5.41) is 14.2. The maximum atomic E-state index is 6.11. The van der Waals surface area contributed by atoms with Gasteiger partial charge in [-0.2, -0.15) is 4.98 Å². The van der Waals surface area contributed by atoms with E-state index in [-0.39, 0.29) is 6.04 Å². The van der Waals surface area contributed by atoms with Gasteiger partial charge in [0, 0.05) is 35.1 Å². The molecule has 1 fully saturated rings. The zero-order valence-corrected chi connectivity index (χ0v) is 16.8. The summed E-state index contributed by atoms with van der Waals surface area (Å²) < 4.78 is 7.90. The molecule has 0 radical (unpaired) electrons. The van der Waals surface area contributed by atoms with E-state index in [1.165, 1.54) is 19.3 Å². The van der Waals surface area contributed by atoms with E-state index in [1.54, 1.807) is 18.2 Å². The fourth-order valence-corrected chi connectivity index (χ4v) is 4.68. The summed E-state index contributed by atoms with van der Waals surface area (Å²) in [6, 6.07) is 5.85. The average molecular weight is 419 g/mol. The molecule has 5 rings (SSSR count). The molecule has 0 N–H and O–H groups in total.